The van der Waals surface area contributed by atoms with Crippen LogP contribution in [0.3, 0.4) is 0 Å². The van der Waals surface area contributed by atoms with Gasteiger partial charge in [-0.3, -0.25) is 4.79 Å². The van der Waals surface area contributed by atoms with E-state index in [-0.39, 0.29) is 11.8 Å². The molecule has 3 nitrogen and oxygen atoms in total. The predicted octanol–water partition coefficient (Wildman–Crippen LogP) is 4.10. The van der Waals surface area contributed by atoms with Gasteiger partial charge >= 0.3 is 0 Å². The van der Waals surface area contributed by atoms with Crippen molar-refractivity contribution in [1.29, 1.82) is 0 Å². The maximum Gasteiger partial charge on any atom is 0.221 e. The molecular weight excluding hydrogens is 260 g/mol. The predicted molar refractivity (Wildman–Crippen MR) is 90.2 cm³/mol. The van der Waals surface area contributed by atoms with Crippen LogP contribution in [-0.4, -0.2) is 30.4 Å². The molecule has 0 aromatic carbocycles. The van der Waals surface area contributed by atoms with E-state index >= 15 is 0 Å². The van der Waals surface area contributed by atoms with Gasteiger partial charge in [-0.25, -0.2) is 0 Å². The van der Waals surface area contributed by atoms with Gasteiger partial charge in [-0.2, -0.15) is 0 Å². The highest BCUT2D eigenvalue weighted by Gasteiger charge is 2.23. The molecule has 0 aromatic heterocycles. The van der Waals surface area contributed by atoms with Crippen molar-refractivity contribution in [2.75, 3.05) is 19.6 Å². The van der Waals surface area contributed by atoms with Crippen LogP contribution in [0.2, 0.25) is 0 Å². The van der Waals surface area contributed by atoms with Crippen molar-refractivity contribution >= 4 is 5.91 Å². The number of carbonyl (C=O) groups excluding carboxylic acids is 1. The van der Waals surface area contributed by atoms with Crippen molar-refractivity contribution in [3.05, 3.63) is 0 Å². The number of amides is 1. The quantitative estimate of drug-likeness (QED) is 0.551. The number of piperidine rings is 1. The Hall–Kier alpha value is -0.570. The largest absolute Gasteiger partial charge is 0.369 e. The lowest BCUT2D eigenvalue weighted by Gasteiger charge is -2.31. The van der Waals surface area contributed by atoms with Crippen LogP contribution in [0, 0.1) is 5.92 Å². The number of unbranched alkanes of at least 4 members (excludes halogenated alkanes) is 9. The molecule has 0 spiro atoms. The first-order chi connectivity index (χ1) is 10.2. The maximum atomic E-state index is 11.2. The number of primary amides is 1. The molecule has 1 aliphatic heterocycles. The molecule has 2 N–H and O–H groups in total. The summed E-state index contributed by atoms with van der Waals surface area (Å²) in [6, 6.07) is 0. The van der Waals surface area contributed by atoms with E-state index in [4.69, 9.17) is 5.73 Å². The van der Waals surface area contributed by atoms with Gasteiger partial charge in [0.25, 0.3) is 0 Å². The first-order valence-corrected chi connectivity index (χ1v) is 9.25. The van der Waals surface area contributed by atoms with Crippen LogP contribution >= 0.6 is 0 Å². The second kappa shape index (κ2) is 12.0. The minimum atomic E-state index is -0.109. The van der Waals surface area contributed by atoms with E-state index in [2.05, 4.69) is 11.8 Å². The monoisotopic (exact) mass is 296 g/mol. The molecule has 0 bridgehead atoms. The highest BCUT2D eigenvalue weighted by atomic mass is 16.1. The average Bonchev–Trinajstić information content (AvgIpc) is 2.49. The number of nitrogens with two attached hydrogens (primary N) is 1. The Bertz CT molecular complexity index is 268. The van der Waals surface area contributed by atoms with E-state index in [1.54, 1.807) is 0 Å². The van der Waals surface area contributed by atoms with Crippen molar-refractivity contribution < 1.29 is 4.79 Å². The zero-order chi connectivity index (χ0) is 15.3. The normalized spacial score (nSPS) is 19.8. The molecule has 1 heterocycles. The summed E-state index contributed by atoms with van der Waals surface area (Å²) >= 11 is 0. The van der Waals surface area contributed by atoms with E-state index < -0.39 is 0 Å². The smallest absolute Gasteiger partial charge is 0.221 e. The van der Waals surface area contributed by atoms with Gasteiger partial charge in [-0.1, -0.05) is 64.7 Å². The molecule has 1 saturated heterocycles. The van der Waals surface area contributed by atoms with Gasteiger partial charge in [0.15, 0.2) is 0 Å². The lowest BCUT2D eigenvalue weighted by Crippen LogP contribution is -2.41. The molecule has 124 valence electrons. The third kappa shape index (κ3) is 9.13. The SMILES string of the molecule is CCCCCCCCCCCCN1CCCC(C(N)=O)C1. The summed E-state index contributed by atoms with van der Waals surface area (Å²) in [7, 11) is 0. The number of rotatable bonds is 12. The minimum Gasteiger partial charge on any atom is -0.369 e. The number of nitrogens with zero attached hydrogens (tertiary/aromatic N) is 1. The molecule has 1 unspecified atom stereocenters. The second-order valence-corrected chi connectivity index (χ2v) is 6.72. The Morgan fingerprint density at radius 3 is 2.14 bits per heavy atom. The molecule has 0 aromatic rings. The highest BCUT2D eigenvalue weighted by molar-refractivity contribution is 5.76. The summed E-state index contributed by atoms with van der Waals surface area (Å²) in [4.78, 5) is 13.7. The molecule has 1 rings (SSSR count). The van der Waals surface area contributed by atoms with Crippen LogP contribution in [-0.2, 0) is 4.79 Å². The molecule has 1 fully saturated rings. The molecule has 3 heteroatoms. The topological polar surface area (TPSA) is 46.3 Å². The van der Waals surface area contributed by atoms with Crippen LogP contribution in [0.4, 0.5) is 0 Å². The Morgan fingerprint density at radius 1 is 1.00 bits per heavy atom. The Kier molecular flexibility index (Phi) is 10.6. The first-order valence-electron chi connectivity index (χ1n) is 9.25. The van der Waals surface area contributed by atoms with Crippen LogP contribution in [0.25, 0.3) is 0 Å². The van der Waals surface area contributed by atoms with Crippen molar-refractivity contribution in [2.24, 2.45) is 11.7 Å². The number of carbonyl (C=O) groups is 1. The van der Waals surface area contributed by atoms with E-state index in [0.717, 1.165) is 32.5 Å². The van der Waals surface area contributed by atoms with Crippen LogP contribution in [0.15, 0.2) is 0 Å². The van der Waals surface area contributed by atoms with Crippen molar-refractivity contribution in [3.8, 4) is 0 Å². The van der Waals surface area contributed by atoms with E-state index in [1.807, 2.05) is 0 Å². The van der Waals surface area contributed by atoms with E-state index in [1.165, 1.54) is 64.2 Å². The second-order valence-electron chi connectivity index (χ2n) is 6.72. The van der Waals surface area contributed by atoms with Crippen LogP contribution < -0.4 is 5.73 Å². The third-order valence-electron chi connectivity index (χ3n) is 4.74. The molecule has 0 aliphatic carbocycles. The molecule has 1 amide bonds. The maximum absolute atomic E-state index is 11.2. The Balaban J connectivity index is 1.89. The van der Waals surface area contributed by atoms with Gasteiger partial charge in [0.1, 0.15) is 0 Å². The van der Waals surface area contributed by atoms with Gasteiger partial charge in [-0.15, -0.1) is 0 Å². The van der Waals surface area contributed by atoms with Gasteiger partial charge in [0.05, 0.1) is 5.92 Å². The molecule has 0 radical (unpaired) electrons. The fraction of sp³-hybridized carbons (Fsp3) is 0.944. The lowest BCUT2D eigenvalue weighted by molar-refractivity contribution is -0.123. The van der Waals surface area contributed by atoms with Gasteiger partial charge < -0.3 is 10.6 Å². The number of hydrogen-bond acceptors (Lipinski definition) is 2. The van der Waals surface area contributed by atoms with E-state index in [9.17, 15) is 4.79 Å². The van der Waals surface area contributed by atoms with Crippen LogP contribution in [0.5, 0.6) is 0 Å². The molecular formula is C18H36N2O. The Morgan fingerprint density at radius 2 is 1.57 bits per heavy atom. The summed E-state index contributed by atoms with van der Waals surface area (Å²) in [5.74, 6) is -0.00959. The summed E-state index contributed by atoms with van der Waals surface area (Å²) in [6.07, 6.45) is 15.9. The summed E-state index contributed by atoms with van der Waals surface area (Å²) < 4.78 is 0. The molecule has 0 saturated carbocycles. The molecule has 1 atom stereocenters. The average molecular weight is 296 g/mol. The third-order valence-corrected chi connectivity index (χ3v) is 4.74. The van der Waals surface area contributed by atoms with Gasteiger partial charge in [0, 0.05) is 6.54 Å². The van der Waals surface area contributed by atoms with Crippen molar-refractivity contribution in [3.63, 3.8) is 0 Å². The lowest BCUT2D eigenvalue weighted by atomic mass is 9.97. The standard InChI is InChI=1S/C18H36N2O/c1-2-3-4-5-6-7-8-9-10-11-14-20-15-12-13-17(16-20)18(19)21/h17H,2-16H2,1H3,(H2,19,21). The van der Waals surface area contributed by atoms with Crippen molar-refractivity contribution in [1.82, 2.24) is 4.90 Å². The van der Waals surface area contributed by atoms with Crippen LogP contribution in [0.1, 0.15) is 84.0 Å². The number of likely N-dealkylation sites (tertiary alicyclic amines) is 1. The van der Waals surface area contributed by atoms with Gasteiger partial charge in [-0.05, 0) is 32.4 Å². The Labute approximate surface area is 131 Å². The first kappa shape index (κ1) is 18.5. The fourth-order valence-electron chi connectivity index (χ4n) is 3.31. The molecule has 1 aliphatic rings. The van der Waals surface area contributed by atoms with Gasteiger partial charge in [0.2, 0.25) is 5.91 Å². The zero-order valence-corrected chi connectivity index (χ0v) is 14.1. The van der Waals surface area contributed by atoms with Crippen molar-refractivity contribution in [2.45, 2.75) is 84.0 Å². The highest BCUT2D eigenvalue weighted by Crippen LogP contribution is 2.17. The summed E-state index contributed by atoms with van der Waals surface area (Å²) in [5.41, 5.74) is 5.42. The van der Waals surface area contributed by atoms with E-state index in [0.29, 0.717) is 0 Å². The zero-order valence-electron chi connectivity index (χ0n) is 14.1. The summed E-state index contributed by atoms with van der Waals surface area (Å²) in [5, 5.41) is 0. The minimum absolute atomic E-state index is 0.0990. The number of hydrogen-bond donors (Lipinski definition) is 1. The molecule has 21 heavy (non-hydrogen) atoms. The fourth-order valence-corrected chi connectivity index (χ4v) is 3.31. The summed E-state index contributed by atoms with van der Waals surface area (Å²) in [6.45, 7) is 5.47.